The van der Waals surface area contributed by atoms with Crippen molar-refractivity contribution in [2.75, 3.05) is 0 Å². The van der Waals surface area contributed by atoms with E-state index in [0.717, 1.165) is 5.56 Å². The molecular formula is C17H17ClO3. The Labute approximate surface area is 129 Å². The summed E-state index contributed by atoms with van der Waals surface area (Å²) in [4.78, 5) is 11.9. The van der Waals surface area contributed by atoms with Crippen LogP contribution >= 0.6 is 11.6 Å². The Morgan fingerprint density at radius 3 is 2.33 bits per heavy atom. The fourth-order valence-electron chi connectivity index (χ4n) is 1.72. The number of carbonyl (C=O) groups excluding carboxylic acids is 1. The highest BCUT2D eigenvalue weighted by atomic mass is 35.5. The standard InChI is InChI=1S/C17H17ClO3/c1-12-3-5-14(6-4-12)11-20-17(19)13(2)21-16-9-7-15(18)8-10-16/h3-10,13H,11H2,1-2H3. The van der Waals surface area contributed by atoms with Crippen LogP contribution in [0.1, 0.15) is 18.1 Å². The van der Waals surface area contributed by atoms with Crippen LogP contribution in [-0.2, 0) is 16.1 Å². The van der Waals surface area contributed by atoms with Crippen molar-refractivity contribution in [3.05, 3.63) is 64.7 Å². The molecule has 2 rings (SSSR count). The van der Waals surface area contributed by atoms with Gasteiger partial charge in [0.05, 0.1) is 0 Å². The Kier molecular flexibility index (Phi) is 5.23. The molecule has 0 spiro atoms. The maximum atomic E-state index is 11.9. The number of hydrogen-bond acceptors (Lipinski definition) is 3. The highest BCUT2D eigenvalue weighted by Gasteiger charge is 2.16. The highest BCUT2D eigenvalue weighted by Crippen LogP contribution is 2.17. The molecule has 2 aromatic rings. The molecule has 0 aliphatic rings. The second-order valence-electron chi connectivity index (χ2n) is 4.81. The molecule has 0 aromatic heterocycles. The summed E-state index contributed by atoms with van der Waals surface area (Å²) in [5.74, 6) is 0.185. The summed E-state index contributed by atoms with van der Waals surface area (Å²) in [5, 5.41) is 0.622. The quantitative estimate of drug-likeness (QED) is 0.778. The van der Waals surface area contributed by atoms with Crippen LogP contribution in [0.3, 0.4) is 0 Å². The summed E-state index contributed by atoms with van der Waals surface area (Å²) < 4.78 is 10.7. The average molecular weight is 305 g/mol. The lowest BCUT2D eigenvalue weighted by Crippen LogP contribution is -2.26. The van der Waals surface area contributed by atoms with E-state index >= 15 is 0 Å². The second-order valence-corrected chi connectivity index (χ2v) is 5.24. The van der Waals surface area contributed by atoms with Crippen molar-refractivity contribution >= 4 is 17.6 Å². The van der Waals surface area contributed by atoms with Gasteiger partial charge in [-0.3, -0.25) is 0 Å². The normalized spacial score (nSPS) is 11.8. The first-order valence-electron chi connectivity index (χ1n) is 6.69. The van der Waals surface area contributed by atoms with Gasteiger partial charge in [-0.05, 0) is 43.7 Å². The van der Waals surface area contributed by atoms with E-state index in [-0.39, 0.29) is 6.61 Å². The van der Waals surface area contributed by atoms with Crippen LogP contribution in [0.25, 0.3) is 0 Å². The smallest absolute Gasteiger partial charge is 0.347 e. The molecule has 1 atom stereocenters. The highest BCUT2D eigenvalue weighted by molar-refractivity contribution is 6.30. The van der Waals surface area contributed by atoms with Crippen molar-refractivity contribution in [2.24, 2.45) is 0 Å². The van der Waals surface area contributed by atoms with Crippen molar-refractivity contribution in [3.8, 4) is 5.75 Å². The van der Waals surface area contributed by atoms with Gasteiger partial charge in [-0.2, -0.15) is 0 Å². The van der Waals surface area contributed by atoms with Crippen LogP contribution < -0.4 is 4.74 Å². The molecular weight excluding hydrogens is 288 g/mol. The van der Waals surface area contributed by atoms with E-state index in [4.69, 9.17) is 21.1 Å². The lowest BCUT2D eigenvalue weighted by molar-refractivity contribution is -0.152. The number of hydrogen-bond donors (Lipinski definition) is 0. The van der Waals surface area contributed by atoms with Crippen LogP contribution in [-0.4, -0.2) is 12.1 Å². The largest absolute Gasteiger partial charge is 0.479 e. The molecule has 0 aliphatic heterocycles. The van der Waals surface area contributed by atoms with Gasteiger partial charge in [-0.1, -0.05) is 41.4 Å². The molecule has 1 unspecified atom stereocenters. The first kappa shape index (κ1) is 15.4. The van der Waals surface area contributed by atoms with Crippen LogP contribution in [0.15, 0.2) is 48.5 Å². The van der Waals surface area contributed by atoms with Crippen molar-refractivity contribution in [1.29, 1.82) is 0 Å². The molecule has 21 heavy (non-hydrogen) atoms. The molecule has 3 nitrogen and oxygen atoms in total. The van der Waals surface area contributed by atoms with Crippen molar-refractivity contribution in [1.82, 2.24) is 0 Å². The van der Waals surface area contributed by atoms with Gasteiger partial charge in [-0.25, -0.2) is 4.79 Å². The zero-order valence-corrected chi connectivity index (χ0v) is 12.8. The van der Waals surface area contributed by atoms with Crippen LogP contribution in [0.5, 0.6) is 5.75 Å². The SMILES string of the molecule is Cc1ccc(COC(=O)C(C)Oc2ccc(Cl)cc2)cc1. The van der Waals surface area contributed by atoms with E-state index in [9.17, 15) is 4.79 Å². The van der Waals surface area contributed by atoms with Crippen molar-refractivity contribution < 1.29 is 14.3 Å². The molecule has 0 amide bonds. The maximum Gasteiger partial charge on any atom is 0.347 e. The number of carbonyl (C=O) groups is 1. The van der Waals surface area contributed by atoms with Gasteiger partial charge >= 0.3 is 5.97 Å². The van der Waals surface area contributed by atoms with E-state index in [1.807, 2.05) is 31.2 Å². The summed E-state index contributed by atoms with van der Waals surface area (Å²) in [5.41, 5.74) is 2.12. The third kappa shape index (κ3) is 4.80. The van der Waals surface area contributed by atoms with E-state index in [1.165, 1.54) is 5.56 Å². The van der Waals surface area contributed by atoms with Gasteiger partial charge < -0.3 is 9.47 Å². The number of ether oxygens (including phenoxy) is 2. The fourth-order valence-corrected chi connectivity index (χ4v) is 1.85. The average Bonchev–Trinajstić information content (AvgIpc) is 2.48. The zero-order valence-electron chi connectivity index (χ0n) is 12.0. The van der Waals surface area contributed by atoms with Crippen LogP contribution in [0.4, 0.5) is 0 Å². The third-order valence-corrected chi connectivity index (χ3v) is 3.21. The van der Waals surface area contributed by atoms with E-state index in [2.05, 4.69) is 0 Å². The molecule has 0 saturated carbocycles. The lowest BCUT2D eigenvalue weighted by Gasteiger charge is -2.14. The van der Waals surface area contributed by atoms with Crippen LogP contribution in [0, 0.1) is 6.92 Å². The molecule has 4 heteroatoms. The Morgan fingerprint density at radius 1 is 1.10 bits per heavy atom. The minimum Gasteiger partial charge on any atom is -0.479 e. The van der Waals surface area contributed by atoms with Gasteiger partial charge in [0.15, 0.2) is 6.10 Å². The summed E-state index contributed by atoms with van der Waals surface area (Å²) >= 11 is 5.79. The van der Waals surface area contributed by atoms with Gasteiger partial charge in [-0.15, -0.1) is 0 Å². The van der Waals surface area contributed by atoms with Crippen molar-refractivity contribution in [2.45, 2.75) is 26.6 Å². The van der Waals surface area contributed by atoms with Crippen LogP contribution in [0.2, 0.25) is 5.02 Å². The Balaban J connectivity index is 1.84. The first-order chi connectivity index (χ1) is 10.0. The summed E-state index contributed by atoms with van der Waals surface area (Å²) in [6, 6.07) is 14.7. The fraction of sp³-hybridized carbons (Fsp3) is 0.235. The predicted octanol–water partition coefficient (Wildman–Crippen LogP) is 4.16. The molecule has 0 saturated heterocycles. The molecule has 0 heterocycles. The predicted molar refractivity (Wildman–Crippen MR) is 82.5 cm³/mol. The summed E-state index contributed by atoms with van der Waals surface area (Å²) in [7, 11) is 0. The van der Waals surface area contributed by atoms with E-state index < -0.39 is 12.1 Å². The minimum absolute atomic E-state index is 0.243. The van der Waals surface area contributed by atoms with Gasteiger partial charge in [0.25, 0.3) is 0 Å². The van der Waals surface area contributed by atoms with E-state index in [1.54, 1.807) is 31.2 Å². The molecule has 2 aromatic carbocycles. The Bertz CT molecular complexity index is 590. The Morgan fingerprint density at radius 2 is 1.71 bits per heavy atom. The van der Waals surface area contributed by atoms with E-state index in [0.29, 0.717) is 10.8 Å². The Hall–Kier alpha value is -2.00. The third-order valence-electron chi connectivity index (χ3n) is 2.96. The molecule has 0 radical (unpaired) electrons. The van der Waals surface area contributed by atoms with Gasteiger partial charge in [0.1, 0.15) is 12.4 Å². The van der Waals surface area contributed by atoms with Gasteiger partial charge in [0, 0.05) is 5.02 Å². The lowest BCUT2D eigenvalue weighted by atomic mass is 10.2. The number of benzene rings is 2. The van der Waals surface area contributed by atoms with Crippen molar-refractivity contribution in [3.63, 3.8) is 0 Å². The summed E-state index contributed by atoms with van der Waals surface area (Å²) in [6.45, 7) is 3.91. The number of rotatable bonds is 5. The minimum atomic E-state index is -0.670. The summed E-state index contributed by atoms with van der Waals surface area (Å²) in [6.07, 6.45) is -0.670. The topological polar surface area (TPSA) is 35.5 Å². The molecule has 0 N–H and O–H groups in total. The molecule has 0 aliphatic carbocycles. The zero-order chi connectivity index (χ0) is 15.2. The second kappa shape index (κ2) is 7.14. The molecule has 110 valence electrons. The van der Waals surface area contributed by atoms with Gasteiger partial charge in [0.2, 0.25) is 0 Å². The number of halogens is 1. The monoisotopic (exact) mass is 304 g/mol. The number of esters is 1. The molecule has 0 fully saturated rings. The maximum absolute atomic E-state index is 11.9. The number of aryl methyl sites for hydroxylation is 1. The molecule has 0 bridgehead atoms. The first-order valence-corrected chi connectivity index (χ1v) is 7.07.